The Kier molecular flexibility index (Phi) is 5.79. The van der Waals surface area contributed by atoms with Gasteiger partial charge in [-0.05, 0) is 55.7 Å². The predicted molar refractivity (Wildman–Crippen MR) is 101 cm³/mol. The van der Waals surface area contributed by atoms with Crippen molar-refractivity contribution in [3.63, 3.8) is 0 Å². The summed E-state index contributed by atoms with van der Waals surface area (Å²) < 4.78 is 18.4. The third kappa shape index (κ3) is 4.54. The molecule has 1 aliphatic rings. The first kappa shape index (κ1) is 18.7. The summed E-state index contributed by atoms with van der Waals surface area (Å²) >= 11 is 6.03. The van der Waals surface area contributed by atoms with Gasteiger partial charge in [0.2, 0.25) is 5.91 Å². The van der Waals surface area contributed by atoms with Crippen molar-refractivity contribution in [2.24, 2.45) is 0 Å². The first-order valence-corrected chi connectivity index (χ1v) is 9.00. The summed E-state index contributed by atoms with van der Waals surface area (Å²) in [5, 5.41) is 3.44. The van der Waals surface area contributed by atoms with Gasteiger partial charge in [0.25, 0.3) is 0 Å². The fraction of sp³-hybridized carbons (Fsp3) is 0.350. The third-order valence-electron chi connectivity index (χ3n) is 4.59. The smallest absolute Gasteiger partial charge is 0.241 e. The van der Waals surface area contributed by atoms with E-state index in [1.165, 1.54) is 12.1 Å². The number of carbonyl (C=O) groups excluding carboxylic acids is 1. The number of nitrogens with zero attached hydrogens (tertiary/aromatic N) is 1. The van der Waals surface area contributed by atoms with E-state index in [2.05, 4.69) is 10.2 Å². The molecule has 2 aromatic carbocycles. The second-order valence-corrected chi connectivity index (χ2v) is 6.98. The molecule has 0 bridgehead atoms. The number of halogens is 2. The summed E-state index contributed by atoms with van der Waals surface area (Å²) in [5.41, 5.74) is 1.53. The molecular weight excluding hydrogens is 355 g/mol. The molecule has 1 saturated carbocycles. The van der Waals surface area contributed by atoms with Gasteiger partial charge in [0.05, 0.1) is 18.8 Å². The molecule has 0 radical (unpaired) electrons. The van der Waals surface area contributed by atoms with Crippen LogP contribution in [0.1, 0.15) is 25.3 Å². The molecule has 1 aliphatic carbocycles. The molecule has 1 N–H and O–H groups in total. The Bertz CT molecular complexity index is 778. The fourth-order valence-electron chi connectivity index (χ4n) is 2.95. The van der Waals surface area contributed by atoms with Gasteiger partial charge in [0, 0.05) is 17.6 Å². The zero-order chi connectivity index (χ0) is 18.7. The minimum atomic E-state index is -0.337. The first-order chi connectivity index (χ1) is 12.5. The van der Waals surface area contributed by atoms with Crippen LogP contribution in [0.2, 0.25) is 5.02 Å². The first-order valence-electron chi connectivity index (χ1n) is 8.62. The second kappa shape index (κ2) is 8.06. The lowest BCUT2D eigenvalue weighted by atomic mass is 10.1. The minimum absolute atomic E-state index is 0.125. The normalized spacial score (nSPS) is 15.0. The lowest BCUT2D eigenvalue weighted by Crippen LogP contribution is -2.43. The van der Waals surface area contributed by atoms with Crippen LogP contribution in [0.4, 0.5) is 10.1 Å². The lowest BCUT2D eigenvalue weighted by Gasteiger charge is -2.28. The van der Waals surface area contributed by atoms with Crippen LogP contribution in [-0.2, 0) is 11.3 Å². The van der Waals surface area contributed by atoms with E-state index in [1.807, 2.05) is 6.92 Å². The van der Waals surface area contributed by atoms with E-state index in [-0.39, 0.29) is 17.8 Å². The maximum Gasteiger partial charge on any atom is 0.241 e. The molecule has 1 amide bonds. The van der Waals surface area contributed by atoms with Crippen LogP contribution < -0.4 is 10.1 Å². The number of nitrogens with one attached hydrogen (secondary N) is 1. The summed E-state index contributed by atoms with van der Waals surface area (Å²) in [6, 6.07) is 11.6. The molecule has 1 fully saturated rings. The van der Waals surface area contributed by atoms with Gasteiger partial charge in [-0.1, -0.05) is 23.7 Å². The van der Waals surface area contributed by atoms with Crippen molar-refractivity contribution in [1.82, 2.24) is 4.90 Å². The van der Waals surface area contributed by atoms with Gasteiger partial charge in [-0.15, -0.1) is 0 Å². The molecule has 0 aliphatic heterocycles. The number of rotatable bonds is 7. The van der Waals surface area contributed by atoms with Crippen LogP contribution in [0.5, 0.6) is 5.75 Å². The fourth-order valence-corrected chi connectivity index (χ4v) is 3.13. The van der Waals surface area contributed by atoms with E-state index < -0.39 is 0 Å². The van der Waals surface area contributed by atoms with Crippen molar-refractivity contribution < 1.29 is 13.9 Å². The highest BCUT2D eigenvalue weighted by Crippen LogP contribution is 2.32. The van der Waals surface area contributed by atoms with Gasteiger partial charge >= 0.3 is 0 Å². The van der Waals surface area contributed by atoms with Crippen molar-refractivity contribution in [2.75, 3.05) is 12.4 Å². The maximum absolute atomic E-state index is 13.1. The van der Waals surface area contributed by atoms with Gasteiger partial charge < -0.3 is 10.1 Å². The number of carbonyl (C=O) groups is 1. The van der Waals surface area contributed by atoms with E-state index in [0.29, 0.717) is 29.0 Å². The van der Waals surface area contributed by atoms with E-state index in [4.69, 9.17) is 16.3 Å². The van der Waals surface area contributed by atoms with Gasteiger partial charge in [-0.2, -0.15) is 0 Å². The van der Waals surface area contributed by atoms with Gasteiger partial charge in [-0.25, -0.2) is 4.39 Å². The highest BCUT2D eigenvalue weighted by atomic mass is 35.5. The molecular formula is C20H22ClFN2O2. The standard InChI is InChI=1S/C20H22ClFN2O2/c1-13(20(25)23-18-11-15(21)5-10-19(18)26-2)24(17-8-9-17)12-14-3-6-16(22)7-4-14/h3-7,10-11,13,17H,8-9,12H2,1-2H3,(H,23,25)/t13-/m1/s1. The van der Waals surface area contributed by atoms with E-state index in [0.717, 1.165) is 18.4 Å². The molecule has 138 valence electrons. The number of amides is 1. The second-order valence-electron chi connectivity index (χ2n) is 6.54. The van der Waals surface area contributed by atoms with Crippen LogP contribution in [0, 0.1) is 5.82 Å². The van der Waals surface area contributed by atoms with Crippen LogP contribution in [0.3, 0.4) is 0 Å². The summed E-state index contributed by atoms with van der Waals surface area (Å²) in [4.78, 5) is 15.0. The molecule has 1 atom stereocenters. The van der Waals surface area contributed by atoms with Crippen LogP contribution in [0.15, 0.2) is 42.5 Å². The van der Waals surface area contributed by atoms with E-state index >= 15 is 0 Å². The van der Waals surface area contributed by atoms with Crippen molar-refractivity contribution in [3.05, 3.63) is 58.9 Å². The van der Waals surface area contributed by atoms with Crippen molar-refractivity contribution >= 4 is 23.2 Å². The number of hydrogen-bond acceptors (Lipinski definition) is 3. The molecule has 0 heterocycles. The summed E-state index contributed by atoms with van der Waals surface area (Å²) in [6.45, 7) is 2.49. The number of ether oxygens (including phenoxy) is 1. The minimum Gasteiger partial charge on any atom is -0.495 e. The molecule has 2 aromatic rings. The Balaban J connectivity index is 1.72. The Labute approximate surface area is 157 Å². The molecule has 0 saturated heterocycles. The van der Waals surface area contributed by atoms with E-state index in [1.54, 1.807) is 37.4 Å². The Hall–Kier alpha value is -2.11. The average molecular weight is 377 g/mol. The van der Waals surface area contributed by atoms with Gasteiger partial charge in [0.15, 0.2) is 0 Å². The van der Waals surface area contributed by atoms with Gasteiger partial charge in [0.1, 0.15) is 11.6 Å². The zero-order valence-electron chi connectivity index (χ0n) is 14.8. The Morgan fingerprint density at radius 1 is 1.31 bits per heavy atom. The van der Waals surface area contributed by atoms with Crippen LogP contribution in [0.25, 0.3) is 0 Å². The van der Waals surface area contributed by atoms with Crippen molar-refractivity contribution in [2.45, 2.75) is 38.4 Å². The number of benzene rings is 2. The largest absolute Gasteiger partial charge is 0.495 e. The molecule has 6 heteroatoms. The summed E-state index contributed by atoms with van der Waals surface area (Å²) in [7, 11) is 1.55. The Morgan fingerprint density at radius 3 is 2.62 bits per heavy atom. The molecule has 3 rings (SSSR count). The summed E-state index contributed by atoms with van der Waals surface area (Å²) in [5.74, 6) is 0.177. The lowest BCUT2D eigenvalue weighted by molar-refractivity contribution is -0.121. The van der Waals surface area contributed by atoms with Gasteiger partial charge in [-0.3, -0.25) is 9.69 Å². The van der Waals surface area contributed by atoms with Crippen molar-refractivity contribution in [1.29, 1.82) is 0 Å². The number of methoxy groups -OCH3 is 1. The number of anilines is 1. The molecule has 0 spiro atoms. The van der Waals surface area contributed by atoms with Crippen LogP contribution >= 0.6 is 11.6 Å². The predicted octanol–water partition coefficient (Wildman–Crippen LogP) is 4.48. The summed E-state index contributed by atoms with van der Waals surface area (Å²) in [6.07, 6.45) is 2.14. The quantitative estimate of drug-likeness (QED) is 0.774. The topological polar surface area (TPSA) is 41.6 Å². The van der Waals surface area contributed by atoms with E-state index in [9.17, 15) is 9.18 Å². The number of hydrogen-bond donors (Lipinski definition) is 1. The molecule has 0 aromatic heterocycles. The third-order valence-corrected chi connectivity index (χ3v) is 4.83. The highest BCUT2D eigenvalue weighted by Gasteiger charge is 2.35. The average Bonchev–Trinajstić information content (AvgIpc) is 3.46. The Morgan fingerprint density at radius 2 is 2.00 bits per heavy atom. The molecule has 26 heavy (non-hydrogen) atoms. The maximum atomic E-state index is 13.1. The molecule has 0 unspecified atom stereocenters. The SMILES string of the molecule is COc1ccc(Cl)cc1NC(=O)[C@@H](C)N(Cc1ccc(F)cc1)C1CC1. The monoisotopic (exact) mass is 376 g/mol. The van der Waals surface area contributed by atoms with Crippen LogP contribution in [-0.4, -0.2) is 30.0 Å². The zero-order valence-corrected chi connectivity index (χ0v) is 15.6. The van der Waals surface area contributed by atoms with Crippen molar-refractivity contribution in [3.8, 4) is 5.75 Å². The molecule has 4 nitrogen and oxygen atoms in total. The highest BCUT2D eigenvalue weighted by molar-refractivity contribution is 6.31.